The lowest BCUT2D eigenvalue weighted by atomic mass is 9.86. The van der Waals surface area contributed by atoms with Crippen molar-refractivity contribution in [1.29, 1.82) is 0 Å². The van der Waals surface area contributed by atoms with Crippen molar-refractivity contribution in [2.24, 2.45) is 5.92 Å². The van der Waals surface area contributed by atoms with Crippen molar-refractivity contribution in [3.05, 3.63) is 41.7 Å². The van der Waals surface area contributed by atoms with Crippen molar-refractivity contribution in [2.75, 3.05) is 5.32 Å². The topological polar surface area (TPSA) is 67.2 Å². The summed E-state index contributed by atoms with van der Waals surface area (Å²) in [4.78, 5) is 11.0. The van der Waals surface area contributed by atoms with E-state index in [-0.39, 0.29) is 5.92 Å². The molecule has 1 saturated carbocycles. The number of benzene rings is 1. The molecule has 1 aliphatic rings. The van der Waals surface area contributed by atoms with E-state index in [9.17, 15) is 4.79 Å². The number of halogens is 1. The molecule has 2 aromatic rings. The first-order valence-corrected chi connectivity index (χ1v) is 7.80. The average Bonchev–Trinajstić information content (AvgIpc) is 3.02. The summed E-state index contributed by atoms with van der Waals surface area (Å²) in [7, 11) is 0. The molecule has 0 saturated heterocycles. The molecule has 0 atom stereocenters. The van der Waals surface area contributed by atoms with Crippen LogP contribution < -0.4 is 5.32 Å². The van der Waals surface area contributed by atoms with Crippen molar-refractivity contribution >= 4 is 23.3 Å². The number of carbonyl (C=O) groups is 1. The molecule has 1 heterocycles. The van der Waals surface area contributed by atoms with E-state index in [0.29, 0.717) is 11.1 Å². The van der Waals surface area contributed by atoms with Gasteiger partial charge in [0.25, 0.3) is 0 Å². The van der Waals surface area contributed by atoms with Gasteiger partial charge in [0, 0.05) is 24.1 Å². The summed E-state index contributed by atoms with van der Waals surface area (Å²) in [5, 5.41) is 17.3. The van der Waals surface area contributed by atoms with E-state index in [1.54, 1.807) is 10.9 Å². The van der Waals surface area contributed by atoms with Crippen LogP contribution in [0.5, 0.6) is 0 Å². The van der Waals surface area contributed by atoms with Crippen LogP contribution in [-0.2, 0) is 4.79 Å². The number of carboxylic acids is 1. The van der Waals surface area contributed by atoms with Gasteiger partial charge < -0.3 is 10.4 Å². The van der Waals surface area contributed by atoms with Crippen molar-refractivity contribution in [3.63, 3.8) is 0 Å². The lowest BCUT2D eigenvalue weighted by Crippen LogP contribution is -2.29. The van der Waals surface area contributed by atoms with Crippen LogP contribution in [0, 0.1) is 5.92 Å². The van der Waals surface area contributed by atoms with Gasteiger partial charge in [-0.3, -0.25) is 4.79 Å². The Morgan fingerprint density at radius 1 is 1.32 bits per heavy atom. The molecule has 22 heavy (non-hydrogen) atoms. The third-order valence-corrected chi connectivity index (χ3v) is 4.45. The Bertz CT molecular complexity index is 649. The highest BCUT2D eigenvalue weighted by Gasteiger charge is 2.25. The first-order chi connectivity index (χ1) is 10.6. The Hall–Kier alpha value is -2.01. The van der Waals surface area contributed by atoms with Crippen LogP contribution in [0.1, 0.15) is 25.7 Å². The van der Waals surface area contributed by atoms with Gasteiger partial charge in [-0.15, -0.1) is 0 Å². The zero-order valence-corrected chi connectivity index (χ0v) is 12.8. The first kappa shape index (κ1) is 14.9. The zero-order valence-electron chi connectivity index (χ0n) is 12.1. The Morgan fingerprint density at radius 3 is 2.68 bits per heavy atom. The van der Waals surface area contributed by atoms with Crippen LogP contribution in [0.15, 0.2) is 36.7 Å². The number of anilines is 1. The molecule has 0 amide bonds. The molecule has 6 heteroatoms. The fourth-order valence-electron chi connectivity index (χ4n) is 2.91. The quantitative estimate of drug-likeness (QED) is 0.904. The number of carboxylic acid groups (broad SMARTS) is 1. The van der Waals surface area contributed by atoms with E-state index in [4.69, 9.17) is 16.7 Å². The van der Waals surface area contributed by atoms with Crippen molar-refractivity contribution < 1.29 is 9.90 Å². The van der Waals surface area contributed by atoms with Gasteiger partial charge in [-0.05, 0) is 49.9 Å². The van der Waals surface area contributed by atoms with E-state index in [2.05, 4.69) is 10.4 Å². The van der Waals surface area contributed by atoms with E-state index in [1.807, 2.05) is 30.5 Å². The third kappa shape index (κ3) is 3.25. The molecule has 1 fully saturated rings. The lowest BCUT2D eigenvalue weighted by molar-refractivity contribution is -0.142. The number of hydrogen-bond donors (Lipinski definition) is 2. The molecule has 0 radical (unpaired) electrons. The normalized spacial score (nSPS) is 21.5. The highest BCUT2D eigenvalue weighted by atomic mass is 35.5. The monoisotopic (exact) mass is 319 g/mol. The van der Waals surface area contributed by atoms with E-state index >= 15 is 0 Å². The molecule has 3 rings (SSSR count). The minimum Gasteiger partial charge on any atom is -0.481 e. The molecular formula is C16H18ClN3O2. The summed E-state index contributed by atoms with van der Waals surface area (Å²) in [6.07, 6.45) is 6.76. The highest BCUT2D eigenvalue weighted by molar-refractivity contribution is 6.32. The summed E-state index contributed by atoms with van der Waals surface area (Å²) in [6.45, 7) is 0. The number of aromatic nitrogens is 2. The van der Waals surface area contributed by atoms with E-state index in [1.165, 1.54) is 0 Å². The maximum Gasteiger partial charge on any atom is 0.306 e. The molecule has 0 unspecified atom stereocenters. The average molecular weight is 320 g/mol. The van der Waals surface area contributed by atoms with E-state index < -0.39 is 5.97 Å². The maximum absolute atomic E-state index is 11.0. The minimum atomic E-state index is -0.676. The van der Waals surface area contributed by atoms with Gasteiger partial charge in [0.05, 0.1) is 16.6 Å². The largest absolute Gasteiger partial charge is 0.481 e. The second kappa shape index (κ2) is 6.40. The van der Waals surface area contributed by atoms with Gasteiger partial charge in [0.1, 0.15) is 0 Å². The smallest absolute Gasteiger partial charge is 0.306 e. The van der Waals surface area contributed by atoms with Gasteiger partial charge in [-0.25, -0.2) is 4.68 Å². The Labute approximate surface area is 133 Å². The first-order valence-electron chi connectivity index (χ1n) is 7.42. The molecular weight excluding hydrogens is 302 g/mol. The number of nitrogens with zero attached hydrogens (tertiary/aromatic N) is 2. The summed E-state index contributed by atoms with van der Waals surface area (Å²) in [5.41, 5.74) is 1.80. The number of aliphatic carboxylic acids is 1. The summed E-state index contributed by atoms with van der Waals surface area (Å²) in [5.74, 6) is -0.867. The number of rotatable bonds is 4. The fourth-order valence-corrected chi connectivity index (χ4v) is 3.18. The molecule has 1 aromatic heterocycles. The standard InChI is InChI=1S/C16H18ClN3O2/c17-14-10-13(6-7-15(14)20-9-1-8-18-20)19-12-4-2-11(3-5-12)16(21)22/h1,6-12,19H,2-5H2,(H,21,22). The summed E-state index contributed by atoms with van der Waals surface area (Å²) in [6, 6.07) is 7.96. The molecule has 1 aromatic carbocycles. The zero-order chi connectivity index (χ0) is 15.5. The second-order valence-electron chi connectivity index (χ2n) is 5.65. The summed E-state index contributed by atoms with van der Waals surface area (Å²) < 4.78 is 1.73. The van der Waals surface area contributed by atoms with Gasteiger partial charge in [-0.1, -0.05) is 11.6 Å². The molecule has 0 aliphatic heterocycles. The highest BCUT2D eigenvalue weighted by Crippen LogP contribution is 2.29. The molecule has 2 N–H and O–H groups in total. The van der Waals surface area contributed by atoms with Crippen molar-refractivity contribution in [3.8, 4) is 5.69 Å². The van der Waals surface area contributed by atoms with Crippen LogP contribution in [-0.4, -0.2) is 26.9 Å². The predicted octanol–water partition coefficient (Wildman–Crippen LogP) is 3.58. The molecule has 1 aliphatic carbocycles. The van der Waals surface area contributed by atoms with Gasteiger partial charge >= 0.3 is 5.97 Å². The lowest BCUT2D eigenvalue weighted by Gasteiger charge is -2.27. The van der Waals surface area contributed by atoms with Crippen LogP contribution in [0.3, 0.4) is 0 Å². The summed E-state index contributed by atoms with van der Waals surface area (Å²) >= 11 is 6.32. The Morgan fingerprint density at radius 2 is 2.09 bits per heavy atom. The van der Waals surface area contributed by atoms with E-state index in [0.717, 1.165) is 37.1 Å². The number of nitrogens with one attached hydrogen (secondary N) is 1. The minimum absolute atomic E-state index is 0.191. The Kier molecular flexibility index (Phi) is 4.34. The molecule has 116 valence electrons. The third-order valence-electron chi connectivity index (χ3n) is 4.15. The van der Waals surface area contributed by atoms with Gasteiger partial charge in [0.2, 0.25) is 0 Å². The maximum atomic E-state index is 11.0. The molecule has 5 nitrogen and oxygen atoms in total. The predicted molar refractivity (Wildman–Crippen MR) is 85.6 cm³/mol. The van der Waals surface area contributed by atoms with Crippen molar-refractivity contribution in [2.45, 2.75) is 31.7 Å². The fraction of sp³-hybridized carbons (Fsp3) is 0.375. The van der Waals surface area contributed by atoms with Crippen LogP contribution in [0.2, 0.25) is 5.02 Å². The van der Waals surface area contributed by atoms with Crippen molar-refractivity contribution in [1.82, 2.24) is 9.78 Å². The SMILES string of the molecule is O=C(O)C1CCC(Nc2ccc(-n3cccn3)c(Cl)c2)CC1. The van der Waals surface area contributed by atoms with Crippen LogP contribution in [0.4, 0.5) is 5.69 Å². The molecule has 0 bridgehead atoms. The second-order valence-corrected chi connectivity index (χ2v) is 6.06. The van der Waals surface area contributed by atoms with Crippen LogP contribution >= 0.6 is 11.6 Å². The van der Waals surface area contributed by atoms with Crippen LogP contribution in [0.25, 0.3) is 5.69 Å². The molecule has 0 spiro atoms. The number of hydrogen-bond acceptors (Lipinski definition) is 3. The Balaban J connectivity index is 1.64. The van der Waals surface area contributed by atoms with Gasteiger partial charge in [-0.2, -0.15) is 5.10 Å². The van der Waals surface area contributed by atoms with Gasteiger partial charge in [0.15, 0.2) is 0 Å².